The normalized spacial score (nSPS) is 14.4. The fraction of sp³-hybridized carbons (Fsp3) is 0.0732. The number of hydrogen-bond acceptors (Lipinski definition) is 2. The molecule has 0 saturated heterocycles. The minimum absolute atomic E-state index is 0.122. The highest BCUT2D eigenvalue weighted by Crippen LogP contribution is 2.67. The van der Waals surface area contributed by atoms with Gasteiger partial charge < -0.3 is 9.80 Å². The van der Waals surface area contributed by atoms with Crippen LogP contribution in [0.5, 0.6) is 0 Å². The van der Waals surface area contributed by atoms with Crippen LogP contribution in [0.3, 0.4) is 0 Å². The van der Waals surface area contributed by atoms with Crippen LogP contribution in [0.4, 0.5) is 34.1 Å². The van der Waals surface area contributed by atoms with E-state index >= 15 is 0 Å². The third-order valence-corrected chi connectivity index (χ3v) is 28.2. The van der Waals surface area contributed by atoms with E-state index in [2.05, 4.69) is 511 Å². The fourth-order valence-corrected chi connectivity index (χ4v) is 22.7. The Morgan fingerprint density at radius 1 is 0.144 bits per heavy atom. The van der Waals surface area contributed by atoms with Crippen molar-refractivity contribution in [2.75, 3.05) is 9.80 Å². The molecular formula is C123H90N2. The molecule has 2 heteroatoms. The third-order valence-electron chi connectivity index (χ3n) is 28.2. The minimum Gasteiger partial charge on any atom is -0.311 e. The smallest absolute Gasteiger partial charge is 0.0720 e. The molecule has 19 aromatic rings. The number of anilines is 6. The number of rotatable bonds is 12. The first-order valence-electron chi connectivity index (χ1n) is 43.9. The Kier molecular flexibility index (Phi) is 17.7. The lowest BCUT2D eigenvalue weighted by Gasteiger charge is -2.50. The van der Waals surface area contributed by atoms with Crippen molar-refractivity contribution in [3.05, 3.63) is 562 Å². The van der Waals surface area contributed by atoms with Gasteiger partial charge in [0, 0.05) is 45.0 Å². The molecule has 0 aliphatic heterocycles. The van der Waals surface area contributed by atoms with Crippen molar-refractivity contribution in [2.45, 2.75) is 54.8 Å². The van der Waals surface area contributed by atoms with Crippen molar-refractivity contribution in [3.63, 3.8) is 0 Å². The lowest BCUT2D eigenvalue weighted by molar-refractivity contribution is 0.563. The second kappa shape index (κ2) is 29.6. The van der Waals surface area contributed by atoms with Crippen molar-refractivity contribution in [2.24, 2.45) is 0 Å². The highest BCUT2D eigenvalue weighted by Gasteiger charge is 2.58. The minimum atomic E-state index is -0.559. The second-order valence-corrected chi connectivity index (χ2v) is 35.2. The topological polar surface area (TPSA) is 6.48 Å². The Morgan fingerprint density at radius 3 is 0.896 bits per heavy atom. The molecule has 5 aliphatic rings. The lowest BCUT2D eigenvalue weighted by atomic mass is 9.51. The first-order valence-corrected chi connectivity index (χ1v) is 43.9. The summed E-state index contributed by atoms with van der Waals surface area (Å²) in [5.41, 5.74) is 44.0. The lowest BCUT2D eigenvalue weighted by Crippen LogP contribution is -2.44. The molecule has 5 aliphatic carbocycles. The molecule has 0 unspecified atom stereocenters. The molecule has 125 heavy (non-hydrogen) atoms. The van der Waals surface area contributed by atoms with Gasteiger partial charge in [-0.1, -0.05) is 428 Å². The van der Waals surface area contributed by atoms with Crippen LogP contribution in [-0.4, -0.2) is 0 Å². The zero-order valence-corrected chi connectivity index (χ0v) is 70.4. The molecule has 24 rings (SSSR count). The van der Waals surface area contributed by atoms with Crippen LogP contribution in [0.15, 0.2) is 473 Å². The summed E-state index contributed by atoms with van der Waals surface area (Å²) in [4.78, 5) is 4.82. The van der Waals surface area contributed by atoms with E-state index in [1.165, 1.54) is 167 Å². The largest absolute Gasteiger partial charge is 0.311 e. The molecular weight excluding hydrogens is 1510 g/mol. The number of para-hydroxylation sites is 1. The monoisotopic (exact) mass is 1590 g/mol. The average molecular weight is 1600 g/mol. The summed E-state index contributed by atoms with van der Waals surface area (Å²) in [5.74, 6) is 0. The van der Waals surface area contributed by atoms with E-state index in [0.717, 1.165) is 34.1 Å². The van der Waals surface area contributed by atoms with E-state index in [9.17, 15) is 0 Å². The summed E-state index contributed by atoms with van der Waals surface area (Å²) >= 11 is 0. The maximum Gasteiger partial charge on any atom is 0.0720 e. The predicted octanol–water partition coefficient (Wildman–Crippen LogP) is 31.3. The van der Waals surface area contributed by atoms with E-state index in [1.54, 1.807) is 0 Å². The number of nitrogens with zero attached hydrogens (tertiary/aromatic N) is 2. The van der Waals surface area contributed by atoms with Gasteiger partial charge in [-0.05, 0) is 240 Å². The second-order valence-electron chi connectivity index (χ2n) is 35.2. The van der Waals surface area contributed by atoms with Crippen LogP contribution < -0.4 is 9.80 Å². The van der Waals surface area contributed by atoms with Crippen LogP contribution in [0.25, 0.3) is 77.9 Å². The predicted molar refractivity (Wildman–Crippen MR) is 520 cm³/mol. The van der Waals surface area contributed by atoms with E-state index in [1.807, 2.05) is 0 Å². The van der Waals surface area contributed by atoms with Gasteiger partial charge in [0.2, 0.25) is 0 Å². The van der Waals surface area contributed by atoms with Crippen molar-refractivity contribution >= 4 is 34.1 Å². The van der Waals surface area contributed by atoms with Gasteiger partial charge in [0.05, 0.1) is 16.2 Å². The number of benzene rings is 19. The molecule has 0 atom stereocenters. The van der Waals surface area contributed by atoms with Gasteiger partial charge >= 0.3 is 0 Å². The molecule has 19 aromatic carbocycles. The fourth-order valence-electron chi connectivity index (χ4n) is 22.7. The van der Waals surface area contributed by atoms with Crippen LogP contribution in [0.2, 0.25) is 0 Å². The maximum atomic E-state index is 2.47. The van der Waals surface area contributed by atoms with Gasteiger partial charge in [-0.15, -0.1) is 0 Å². The van der Waals surface area contributed by atoms with Gasteiger partial charge in [0.25, 0.3) is 0 Å². The van der Waals surface area contributed by atoms with Crippen molar-refractivity contribution in [1.29, 1.82) is 0 Å². The molecule has 0 fully saturated rings. The highest BCUT2D eigenvalue weighted by molar-refractivity contribution is 5.98. The van der Waals surface area contributed by atoms with Crippen LogP contribution in [0, 0.1) is 0 Å². The Bertz CT molecular complexity index is 7210. The summed E-state index contributed by atoms with van der Waals surface area (Å²) in [6.45, 7) is 9.51. The van der Waals surface area contributed by atoms with Crippen LogP contribution >= 0.6 is 0 Å². The first-order chi connectivity index (χ1) is 61.5. The van der Waals surface area contributed by atoms with Crippen LogP contribution in [-0.2, 0) is 27.1 Å². The van der Waals surface area contributed by atoms with Gasteiger partial charge in [0.1, 0.15) is 0 Å². The zero-order chi connectivity index (χ0) is 83.6. The van der Waals surface area contributed by atoms with E-state index in [-0.39, 0.29) is 10.8 Å². The van der Waals surface area contributed by atoms with Gasteiger partial charge in [0.15, 0.2) is 0 Å². The van der Waals surface area contributed by atoms with Gasteiger partial charge in [-0.2, -0.15) is 0 Å². The Morgan fingerprint density at radius 2 is 0.416 bits per heavy atom. The third kappa shape index (κ3) is 11.4. The average Bonchev–Trinajstić information content (AvgIpc) is 1.57. The molecule has 0 bridgehead atoms. The number of hydrogen-bond donors (Lipinski definition) is 0. The van der Waals surface area contributed by atoms with Crippen LogP contribution in [0.1, 0.15) is 117 Å². The van der Waals surface area contributed by atoms with E-state index in [0.29, 0.717) is 0 Å². The molecule has 0 radical (unpaired) electrons. The van der Waals surface area contributed by atoms with Crippen molar-refractivity contribution < 1.29 is 0 Å². The van der Waals surface area contributed by atoms with E-state index < -0.39 is 16.2 Å². The van der Waals surface area contributed by atoms with E-state index in [4.69, 9.17) is 0 Å². The first kappa shape index (κ1) is 74.8. The Labute approximate surface area is 733 Å². The molecule has 2 nitrogen and oxygen atoms in total. The summed E-state index contributed by atoms with van der Waals surface area (Å²) in [6, 6.07) is 176. The molecule has 0 aromatic heterocycles. The standard InChI is InChI=1S/C65H47N.C58H43N/c1-63(2)55-28-14-12-26-51(55)53-40-38-50(43-62(53)63)66(48-36-34-45(35-37-48)44-20-6-3-7-21-44)49-39-41-57-54(42-49)52-27-13-15-29-56(52)65(57)60-32-18-16-30-58(60)64(46-22-8-4-9-23-46,47-24-10-5-11-25-47)59-31-17-19-33-61(59)65;1-57(2)51-23-11-13-25-53(51)58(54-26-14-12-24-52(54)57)50-22-10-9-20-49(50)56-48(21-15-27-55(56)58)44-34-38-47(39-35-44)59(45-18-7-4-8-19-45)46-36-32-43(33-37-46)42-30-28-41(29-31-42)40-16-5-3-6-17-40/h3-43H,1-2H3;3-39H,1-2H3. The summed E-state index contributed by atoms with van der Waals surface area (Å²) in [7, 11) is 0. The molecule has 592 valence electrons. The quantitative estimate of drug-likeness (QED) is 0.120. The zero-order valence-electron chi connectivity index (χ0n) is 70.4. The SMILES string of the molecule is CC1(C)c2ccccc2-c2ccc(N(c3ccc(-c4ccccc4)cc3)c3ccc4c(c3)-c3ccccc3C43c4ccccc4C(c4ccccc4)(c4ccccc4)c4ccccc43)cc21.CC1(C)c2ccccc2C2(c3ccccc3-c3c(-c4ccc(N(c5ccccc5)c5ccc(-c6ccc(-c7ccccc7)cc6)cc5)cc4)cccc32)c2ccccc21. The Balaban J connectivity index is 0.000000145. The Hall–Kier alpha value is -15.2. The number of fused-ring (bicyclic) bond motifs is 21. The molecule has 0 saturated carbocycles. The molecule has 2 spiro atoms. The summed E-state index contributed by atoms with van der Waals surface area (Å²) in [5, 5.41) is 0. The van der Waals surface area contributed by atoms with Gasteiger partial charge in [-0.25, -0.2) is 0 Å². The van der Waals surface area contributed by atoms with Gasteiger partial charge in [-0.3, -0.25) is 0 Å². The maximum absolute atomic E-state index is 2.47. The summed E-state index contributed by atoms with van der Waals surface area (Å²) in [6.07, 6.45) is 0. The molecule has 0 amide bonds. The highest BCUT2D eigenvalue weighted by atomic mass is 15.1. The van der Waals surface area contributed by atoms with Crippen molar-refractivity contribution in [1.82, 2.24) is 0 Å². The molecule has 0 heterocycles. The van der Waals surface area contributed by atoms with Crippen molar-refractivity contribution in [3.8, 4) is 77.9 Å². The molecule has 0 N–H and O–H groups in total. The summed E-state index contributed by atoms with van der Waals surface area (Å²) < 4.78 is 0.